The minimum atomic E-state index is 0.178. The second-order valence-electron chi connectivity index (χ2n) is 5.13. The summed E-state index contributed by atoms with van der Waals surface area (Å²) < 4.78 is 0. The van der Waals surface area contributed by atoms with Crippen LogP contribution in [-0.2, 0) is 0 Å². The Kier molecular flexibility index (Phi) is 4.44. The molecule has 1 unspecified atom stereocenters. The van der Waals surface area contributed by atoms with E-state index in [2.05, 4.69) is 62.0 Å². The lowest BCUT2D eigenvalue weighted by molar-refractivity contribution is 1.09. The summed E-state index contributed by atoms with van der Waals surface area (Å²) in [6, 6.07) is 2.26. The molecule has 1 aromatic carbocycles. The van der Waals surface area contributed by atoms with Gasteiger partial charge in [0.05, 0.1) is 9.85 Å². The number of hydrogen-bond donors (Lipinski definition) is 0. The number of alkyl halides is 1. The van der Waals surface area contributed by atoms with E-state index in [1.807, 2.05) is 0 Å². The van der Waals surface area contributed by atoms with Crippen molar-refractivity contribution in [1.29, 1.82) is 0 Å². The van der Waals surface area contributed by atoms with Gasteiger partial charge in [0.1, 0.15) is 0 Å². The van der Waals surface area contributed by atoms with Gasteiger partial charge < -0.3 is 0 Å². The lowest BCUT2D eigenvalue weighted by Crippen LogP contribution is -2.02. The molecule has 2 aromatic rings. The Labute approximate surface area is 132 Å². The van der Waals surface area contributed by atoms with E-state index in [0.717, 1.165) is 10.6 Å². The zero-order valence-electron chi connectivity index (χ0n) is 11.9. The number of rotatable bonds is 2. The SMILES string of the molecule is Cc1cc(C)c(C)c(C(Br)c2scc(C)c2Cl)c1C. The van der Waals surface area contributed by atoms with E-state index in [-0.39, 0.29) is 4.83 Å². The first kappa shape index (κ1) is 15.1. The summed E-state index contributed by atoms with van der Waals surface area (Å²) in [6.07, 6.45) is 0. The molecule has 0 N–H and O–H groups in total. The summed E-state index contributed by atoms with van der Waals surface area (Å²) in [4.78, 5) is 1.38. The molecule has 2 rings (SSSR count). The van der Waals surface area contributed by atoms with Gasteiger partial charge in [-0.05, 0) is 73.4 Å². The molecule has 1 aromatic heterocycles. The number of thiophene rings is 1. The maximum absolute atomic E-state index is 6.42. The Morgan fingerprint density at radius 3 is 1.95 bits per heavy atom. The first-order valence-corrected chi connectivity index (χ1v) is 8.46. The first-order valence-electron chi connectivity index (χ1n) is 6.29. The summed E-state index contributed by atoms with van der Waals surface area (Å²) in [5, 5.41) is 3.02. The monoisotopic (exact) mass is 356 g/mol. The van der Waals surface area contributed by atoms with Crippen molar-refractivity contribution in [3.8, 4) is 0 Å². The predicted octanol–water partition coefficient (Wildman–Crippen LogP) is 6.43. The molecular weight excluding hydrogens is 340 g/mol. The molecule has 0 fully saturated rings. The summed E-state index contributed by atoms with van der Waals surface area (Å²) >= 11 is 12.0. The standard InChI is InChI=1S/C16H18BrClS/c1-8-6-9(2)12(5)13(11(8)4)14(17)16-15(18)10(3)7-19-16/h6-7,14H,1-5H3. The first-order chi connectivity index (χ1) is 8.84. The highest BCUT2D eigenvalue weighted by atomic mass is 79.9. The van der Waals surface area contributed by atoms with Crippen molar-refractivity contribution in [2.75, 3.05) is 0 Å². The summed E-state index contributed by atoms with van der Waals surface area (Å²) in [5.74, 6) is 0. The molecule has 0 amide bonds. The molecule has 0 aliphatic rings. The van der Waals surface area contributed by atoms with Gasteiger partial charge in [0.2, 0.25) is 0 Å². The zero-order chi connectivity index (χ0) is 14.3. The molecule has 0 spiro atoms. The van der Waals surface area contributed by atoms with Crippen molar-refractivity contribution in [3.63, 3.8) is 0 Å². The number of hydrogen-bond acceptors (Lipinski definition) is 1. The third-order valence-electron chi connectivity index (χ3n) is 3.83. The molecule has 1 heterocycles. The van der Waals surface area contributed by atoms with E-state index in [1.165, 1.54) is 32.7 Å². The predicted molar refractivity (Wildman–Crippen MR) is 90.2 cm³/mol. The Hall–Kier alpha value is -0.310. The van der Waals surface area contributed by atoms with Crippen LogP contribution >= 0.6 is 38.9 Å². The third-order valence-corrected chi connectivity index (χ3v) is 6.83. The highest BCUT2D eigenvalue weighted by Crippen LogP contribution is 2.43. The maximum atomic E-state index is 6.42. The second-order valence-corrected chi connectivity index (χ2v) is 7.34. The lowest BCUT2D eigenvalue weighted by Gasteiger charge is -2.19. The Morgan fingerprint density at radius 1 is 1.00 bits per heavy atom. The lowest BCUT2D eigenvalue weighted by atomic mass is 9.92. The topological polar surface area (TPSA) is 0 Å². The van der Waals surface area contributed by atoms with Gasteiger partial charge in [0, 0.05) is 4.88 Å². The maximum Gasteiger partial charge on any atom is 0.0758 e. The minimum absolute atomic E-state index is 0.178. The smallest absolute Gasteiger partial charge is 0.0758 e. The van der Waals surface area contributed by atoms with Crippen molar-refractivity contribution < 1.29 is 0 Å². The van der Waals surface area contributed by atoms with Gasteiger partial charge in [-0.1, -0.05) is 33.6 Å². The average molecular weight is 358 g/mol. The van der Waals surface area contributed by atoms with Crippen LogP contribution in [0.3, 0.4) is 0 Å². The summed E-state index contributed by atoms with van der Waals surface area (Å²) in [5.41, 5.74) is 7.91. The molecule has 0 radical (unpaired) electrons. The fourth-order valence-electron chi connectivity index (χ4n) is 2.38. The summed E-state index contributed by atoms with van der Waals surface area (Å²) in [7, 11) is 0. The van der Waals surface area contributed by atoms with Gasteiger partial charge in [-0.2, -0.15) is 0 Å². The van der Waals surface area contributed by atoms with Gasteiger partial charge in [-0.15, -0.1) is 11.3 Å². The summed E-state index contributed by atoms with van der Waals surface area (Å²) in [6.45, 7) is 10.8. The number of aryl methyl sites for hydroxylation is 3. The van der Waals surface area contributed by atoms with Crippen LogP contribution in [0.5, 0.6) is 0 Å². The minimum Gasteiger partial charge on any atom is -0.145 e. The van der Waals surface area contributed by atoms with Crippen LogP contribution < -0.4 is 0 Å². The van der Waals surface area contributed by atoms with Gasteiger partial charge in [-0.25, -0.2) is 0 Å². The van der Waals surface area contributed by atoms with Crippen LogP contribution in [0, 0.1) is 34.6 Å². The van der Waals surface area contributed by atoms with Gasteiger partial charge in [0.25, 0.3) is 0 Å². The molecule has 0 aliphatic carbocycles. The Balaban J connectivity index is 2.62. The van der Waals surface area contributed by atoms with Gasteiger partial charge in [0.15, 0.2) is 0 Å². The molecule has 0 nitrogen and oxygen atoms in total. The van der Waals surface area contributed by atoms with Crippen LogP contribution in [-0.4, -0.2) is 0 Å². The van der Waals surface area contributed by atoms with Crippen LogP contribution in [0.1, 0.15) is 43.1 Å². The van der Waals surface area contributed by atoms with Crippen LogP contribution in [0.4, 0.5) is 0 Å². The molecule has 19 heavy (non-hydrogen) atoms. The highest BCUT2D eigenvalue weighted by molar-refractivity contribution is 9.09. The molecular formula is C16H18BrClS. The highest BCUT2D eigenvalue weighted by Gasteiger charge is 2.22. The zero-order valence-corrected chi connectivity index (χ0v) is 15.1. The van der Waals surface area contributed by atoms with Crippen molar-refractivity contribution in [1.82, 2.24) is 0 Å². The third kappa shape index (κ3) is 2.63. The molecule has 0 bridgehead atoms. The van der Waals surface area contributed by atoms with E-state index in [0.29, 0.717) is 0 Å². The normalized spacial score (nSPS) is 12.8. The molecule has 102 valence electrons. The van der Waals surface area contributed by atoms with E-state index in [1.54, 1.807) is 11.3 Å². The average Bonchev–Trinajstić information content (AvgIpc) is 2.68. The van der Waals surface area contributed by atoms with E-state index in [4.69, 9.17) is 11.6 Å². The van der Waals surface area contributed by atoms with E-state index >= 15 is 0 Å². The Bertz CT molecular complexity index is 602. The van der Waals surface area contributed by atoms with Crippen LogP contribution in [0.15, 0.2) is 11.4 Å². The molecule has 1 atom stereocenters. The van der Waals surface area contributed by atoms with Crippen molar-refractivity contribution in [3.05, 3.63) is 54.7 Å². The van der Waals surface area contributed by atoms with Crippen molar-refractivity contribution in [2.45, 2.75) is 39.4 Å². The van der Waals surface area contributed by atoms with Gasteiger partial charge in [-0.3, -0.25) is 0 Å². The van der Waals surface area contributed by atoms with Crippen LogP contribution in [0.25, 0.3) is 0 Å². The van der Waals surface area contributed by atoms with Crippen molar-refractivity contribution in [2.24, 2.45) is 0 Å². The molecule has 3 heteroatoms. The quantitative estimate of drug-likeness (QED) is 0.543. The second kappa shape index (κ2) is 5.59. The van der Waals surface area contributed by atoms with Crippen LogP contribution in [0.2, 0.25) is 5.02 Å². The van der Waals surface area contributed by atoms with E-state index < -0.39 is 0 Å². The number of benzene rings is 1. The molecule has 0 saturated carbocycles. The molecule has 0 saturated heterocycles. The fourth-order valence-corrected chi connectivity index (χ4v) is 5.04. The largest absolute Gasteiger partial charge is 0.145 e. The van der Waals surface area contributed by atoms with Crippen molar-refractivity contribution >= 4 is 38.9 Å². The molecule has 0 aliphatic heterocycles. The Morgan fingerprint density at radius 2 is 1.53 bits per heavy atom. The van der Waals surface area contributed by atoms with Gasteiger partial charge >= 0.3 is 0 Å². The number of halogens is 2. The fraction of sp³-hybridized carbons (Fsp3) is 0.375. The van der Waals surface area contributed by atoms with E-state index in [9.17, 15) is 0 Å².